The van der Waals surface area contributed by atoms with Gasteiger partial charge in [0.2, 0.25) is 0 Å². The van der Waals surface area contributed by atoms with Gasteiger partial charge in [0.15, 0.2) is 0 Å². The van der Waals surface area contributed by atoms with E-state index >= 15 is 0 Å². The summed E-state index contributed by atoms with van der Waals surface area (Å²) in [6.07, 6.45) is 0.833. The summed E-state index contributed by atoms with van der Waals surface area (Å²) in [4.78, 5) is 23.8. The third kappa shape index (κ3) is 3.30. The van der Waals surface area contributed by atoms with Gasteiger partial charge < -0.3 is 14.3 Å². The van der Waals surface area contributed by atoms with Crippen molar-refractivity contribution in [2.75, 3.05) is 0 Å². The Bertz CT molecular complexity index is 938. The van der Waals surface area contributed by atoms with E-state index in [1.807, 2.05) is 25.1 Å². The van der Waals surface area contributed by atoms with Gasteiger partial charge in [-0.2, -0.15) is 0 Å². The summed E-state index contributed by atoms with van der Waals surface area (Å²) >= 11 is 0. The van der Waals surface area contributed by atoms with E-state index in [2.05, 4.69) is 0 Å². The van der Waals surface area contributed by atoms with Gasteiger partial charge in [-0.1, -0.05) is 19.1 Å². The SMILES string of the molecule is CCc1ccc2c(COC(=O)c3ccc(O)cc3)cc(=O)oc2c1. The van der Waals surface area contributed by atoms with Crippen molar-refractivity contribution in [1.29, 1.82) is 0 Å². The maximum atomic E-state index is 12.0. The molecule has 3 aromatic rings. The molecule has 0 unspecified atom stereocenters. The third-order valence-corrected chi connectivity index (χ3v) is 3.76. The maximum absolute atomic E-state index is 12.0. The second kappa shape index (κ2) is 6.58. The Balaban J connectivity index is 1.85. The number of esters is 1. The minimum Gasteiger partial charge on any atom is -0.508 e. The highest BCUT2D eigenvalue weighted by Crippen LogP contribution is 2.20. The molecule has 0 aliphatic rings. The molecule has 0 saturated carbocycles. The molecule has 1 aromatic heterocycles. The summed E-state index contributed by atoms with van der Waals surface area (Å²) in [5.41, 5.74) is 1.98. The fourth-order valence-corrected chi connectivity index (χ4v) is 2.44. The molecule has 0 amide bonds. The van der Waals surface area contributed by atoms with E-state index in [0.717, 1.165) is 17.4 Å². The summed E-state index contributed by atoms with van der Waals surface area (Å²) in [5, 5.41) is 9.98. The molecule has 0 aliphatic carbocycles. The van der Waals surface area contributed by atoms with Gasteiger partial charge in [-0.3, -0.25) is 0 Å². The average molecular weight is 324 g/mol. The molecule has 5 heteroatoms. The van der Waals surface area contributed by atoms with Gasteiger partial charge in [-0.15, -0.1) is 0 Å². The van der Waals surface area contributed by atoms with Crippen LogP contribution in [0.4, 0.5) is 0 Å². The number of fused-ring (bicyclic) bond motifs is 1. The number of rotatable bonds is 4. The van der Waals surface area contributed by atoms with Crippen LogP contribution in [0.15, 0.2) is 57.7 Å². The molecule has 0 radical (unpaired) electrons. The molecule has 0 fully saturated rings. The minimum absolute atomic E-state index is 0.0344. The molecular weight excluding hydrogens is 308 g/mol. The third-order valence-electron chi connectivity index (χ3n) is 3.76. The molecule has 122 valence electrons. The Morgan fingerprint density at radius 2 is 1.88 bits per heavy atom. The van der Waals surface area contributed by atoms with Crippen LogP contribution in [0.1, 0.15) is 28.4 Å². The van der Waals surface area contributed by atoms with Gasteiger partial charge >= 0.3 is 11.6 Å². The maximum Gasteiger partial charge on any atom is 0.338 e. The van der Waals surface area contributed by atoms with Gasteiger partial charge in [-0.25, -0.2) is 9.59 Å². The molecule has 0 saturated heterocycles. The standard InChI is InChI=1S/C19H16O5/c1-2-12-3-8-16-14(10-18(21)24-17(16)9-12)11-23-19(22)13-4-6-15(20)7-5-13/h3-10,20H,2,11H2,1H3. The predicted molar refractivity (Wildman–Crippen MR) is 89.1 cm³/mol. The molecule has 0 bridgehead atoms. The molecule has 1 heterocycles. The second-order valence-electron chi connectivity index (χ2n) is 5.40. The van der Waals surface area contributed by atoms with E-state index in [9.17, 15) is 14.7 Å². The molecular formula is C19H16O5. The first-order chi connectivity index (χ1) is 11.6. The van der Waals surface area contributed by atoms with E-state index in [4.69, 9.17) is 9.15 Å². The lowest BCUT2D eigenvalue weighted by molar-refractivity contribution is 0.0474. The van der Waals surface area contributed by atoms with Crippen molar-refractivity contribution in [3.05, 3.63) is 75.6 Å². The fraction of sp³-hybridized carbons (Fsp3) is 0.158. The lowest BCUT2D eigenvalue weighted by atomic mass is 10.1. The van der Waals surface area contributed by atoms with Gasteiger partial charge in [-0.05, 0) is 42.3 Å². The van der Waals surface area contributed by atoms with Crippen molar-refractivity contribution in [3.63, 3.8) is 0 Å². The lowest BCUT2D eigenvalue weighted by Crippen LogP contribution is -2.08. The van der Waals surface area contributed by atoms with Crippen LogP contribution >= 0.6 is 0 Å². The number of phenols is 1. The average Bonchev–Trinajstić information content (AvgIpc) is 2.59. The summed E-state index contributed by atoms with van der Waals surface area (Å²) in [7, 11) is 0. The number of benzene rings is 2. The predicted octanol–water partition coefficient (Wildman–Crippen LogP) is 3.42. The summed E-state index contributed by atoms with van der Waals surface area (Å²) in [6.45, 7) is 1.98. The van der Waals surface area contributed by atoms with Crippen molar-refractivity contribution in [2.45, 2.75) is 20.0 Å². The summed E-state index contributed by atoms with van der Waals surface area (Å²) in [6, 6.07) is 12.7. The number of carbonyl (C=O) groups is 1. The van der Waals surface area contributed by atoms with Gasteiger partial charge in [0.1, 0.15) is 17.9 Å². The first-order valence-corrected chi connectivity index (χ1v) is 7.58. The van der Waals surface area contributed by atoms with Crippen LogP contribution in [-0.4, -0.2) is 11.1 Å². The fourth-order valence-electron chi connectivity index (χ4n) is 2.44. The molecule has 0 aliphatic heterocycles. The number of carbonyl (C=O) groups excluding carboxylic acids is 1. The van der Waals surface area contributed by atoms with Crippen LogP contribution in [0.25, 0.3) is 11.0 Å². The second-order valence-corrected chi connectivity index (χ2v) is 5.40. The molecule has 24 heavy (non-hydrogen) atoms. The van der Waals surface area contributed by atoms with Crippen molar-refractivity contribution in [2.24, 2.45) is 0 Å². The highest BCUT2D eigenvalue weighted by molar-refractivity contribution is 5.89. The number of hydrogen-bond donors (Lipinski definition) is 1. The van der Waals surface area contributed by atoms with Gasteiger partial charge in [0, 0.05) is 17.0 Å². The van der Waals surface area contributed by atoms with Crippen LogP contribution in [0.3, 0.4) is 0 Å². The Kier molecular flexibility index (Phi) is 4.33. The number of hydrogen-bond acceptors (Lipinski definition) is 5. The highest BCUT2D eigenvalue weighted by Gasteiger charge is 2.11. The Morgan fingerprint density at radius 1 is 1.12 bits per heavy atom. The Labute approximate surface area is 138 Å². The summed E-state index contributed by atoms with van der Waals surface area (Å²) in [5.74, 6) is -0.452. The van der Waals surface area contributed by atoms with Crippen molar-refractivity contribution in [1.82, 2.24) is 0 Å². The van der Waals surface area contributed by atoms with E-state index in [1.165, 1.54) is 30.3 Å². The lowest BCUT2D eigenvalue weighted by Gasteiger charge is -2.08. The largest absolute Gasteiger partial charge is 0.508 e. The normalized spacial score (nSPS) is 10.7. The Hall–Kier alpha value is -3.08. The van der Waals surface area contributed by atoms with Gasteiger partial charge in [0.05, 0.1) is 5.56 Å². The molecule has 0 spiro atoms. The number of phenolic OH excluding ortho intramolecular Hbond substituents is 1. The minimum atomic E-state index is -0.526. The zero-order valence-corrected chi connectivity index (χ0v) is 13.1. The van der Waals surface area contributed by atoms with Crippen molar-refractivity contribution < 1.29 is 19.1 Å². The van der Waals surface area contributed by atoms with Crippen molar-refractivity contribution in [3.8, 4) is 5.75 Å². The highest BCUT2D eigenvalue weighted by atomic mass is 16.5. The van der Waals surface area contributed by atoms with Crippen LogP contribution in [-0.2, 0) is 17.8 Å². The van der Waals surface area contributed by atoms with E-state index in [1.54, 1.807) is 0 Å². The number of aryl methyl sites for hydroxylation is 1. The number of ether oxygens (including phenoxy) is 1. The quantitative estimate of drug-likeness (QED) is 0.588. The zero-order chi connectivity index (χ0) is 17.1. The molecule has 1 N–H and O–H groups in total. The van der Waals surface area contributed by atoms with Crippen LogP contribution in [0.5, 0.6) is 5.75 Å². The summed E-state index contributed by atoms with van der Waals surface area (Å²) < 4.78 is 10.5. The van der Waals surface area contributed by atoms with Crippen LogP contribution in [0.2, 0.25) is 0 Å². The monoisotopic (exact) mass is 324 g/mol. The van der Waals surface area contributed by atoms with E-state index < -0.39 is 11.6 Å². The van der Waals surface area contributed by atoms with Crippen LogP contribution in [0, 0.1) is 0 Å². The number of aromatic hydroxyl groups is 1. The Morgan fingerprint density at radius 3 is 2.58 bits per heavy atom. The first-order valence-electron chi connectivity index (χ1n) is 7.58. The van der Waals surface area contributed by atoms with Crippen LogP contribution < -0.4 is 5.63 Å². The first kappa shape index (κ1) is 15.8. The smallest absolute Gasteiger partial charge is 0.338 e. The topological polar surface area (TPSA) is 76.7 Å². The van der Waals surface area contributed by atoms with Crippen molar-refractivity contribution >= 4 is 16.9 Å². The molecule has 5 nitrogen and oxygen atoms in total. The van der Waals surface area contributed by atoms with E-state index in [0.29, 0.717) is 16.7 Å². The molecule has 3 rings (SSSR count). The van der Waals surface area contributed by atoms with E-state index in [-0.39, 0.29) is 12.4 Å². The molecule has 0 atom stereocenters. The zero-order valence-electron chi connectivity index (χ0n) is 13.1. The van der Waals surface area contributed by atoms with Gasteiger partial charge in [0.25, 0.3) is 0 Å². The molecule has 2 aromatic carbocycles.